The van der Waals surface area contributed by atoms with Crippen molar-refractivity contribution < 1.29 is 8.42 Å². The summed E-state index contributed by atoms with van der Waals surface area (Å²) in [6.45, 7) is 5.70. The van der Waals surface area contributed by atoms with Crippen molar-refractivity contribution >= 4 is 31.3 Å². The van der Waals surface area contributed by atoms with Crippen LogP contribution in [0, 0.1) is 13.8 Å². The minimum absolute atomic E-state index is 0.0174. The molecule has 0 radical (unpaired) electrons. The third kappa shape index (κ3) is 2.71. The number of halogens is 2. The van der Waals surface area contributed by atoms with Crippen molar-refractivity contribution in [2.45, 2.75) is 32.1 Å². The minimum atomic E-state index is -3.93. The molecule has 7 heteroatoms. The van der Waals surface area contributed by atoms with Gasteiger partial charge in [0.15, 0.2) is 5.15 Å². The van der Waals surface area contributed by atoms with Crippen molar-refractivity contribution in [1.82, 2.24) is 9.78 Å². The molecule has 0 saturated heterocycles. The molecular weight excluding hydrogens is 319 g/mol. The summed E-state index contributed by atoms with van der Waals surface area (Å²) in [4.78, 5) is -0.108. The van der Waals surface area contributed by atoms with Gasteiger partial charge in [0.25, 0.3) is 9.05 Å². The van der Waals surface area contributed by atoms with Gasteiger partial charge in [-0.05, 0) is 31.9 Å². The molecule has 2 aromatic rings. The van der Waals surface area contributed by atoms with E-state index < -0.39 is 9.05 Å². The molecule has 0 bridgehead atoms. The zero-order valence-corrected chi connectivity index (χ0v) is 13.6. The van der Waals surface area contributed by atoms with E-state index in [1.54, 1.807) is 6.92 Å². The average molecular weight is 333 g/mol. The van der Waals surface area contributed by atoms with Crippen molar-refractivity contribution in [3.8, 4) is 5.69 Å². The summed E-state index contributed by atoms with van der Waals surface area (Å²) >= 11 is 6.18. The second-order valence-electron chi connectivity index (χ2n) is 4.56. The molecule has 0 N–H and O–H groups in total. The molecule has 1 aromatic carbocycles. The smallest absolute Gasteiger partial charge is 0.220 e. The second kappa shape index (κ2) is 5.39. The van der Waals surface area contributed by atoms with Crippen LogP contribution in [0.5, 0.6) is 0 Å². The standard InChI is InChI=1S/C13H14Cl2N2O2S/c1-4-10-12(20(15,18)19)13(14)17(16-10)11-6-5-8(2)7-9(11)3/h5-7H,4H2,1-3H3. The Morgan fingerprint density at radius 1 is 1.30 bits per heavy atom. The van der Waals surface area contributed by atoms with Crippen molar-refractivity contribution in [3.63, 3.8) is 0 Å². The summed E-state index contributed by atoms with van der Waals surface area (Å²) in [6.07, 6.45) is 0.429. The van der Waals surface area contributed by atoms with Crippen LogP contribution < -0.4 is 0 Å². The normalized spacial score (nSPS) is 11.8. The molecule has 4 nitrogen and oxygen atoms in total. The highest BCUT2D eigenvalue weighted by molar-refractivity contribution is 8.13. The summed E-state index contributed by atoms with van der Waals surface area (Å²) in [5.41, 5.74) is 3.16. The van der Waals surface area contributed by atoms with E-state index in [-0.39, 0.29) is 10.0 Å². The number of nitrogens with zero attached hydrogens (tertiary/aromatic N) is 2. The summed E-state index contributed by atoms with van der Waals surface area (Å²) in [5, 5.41) is 4.29. The van der Waals surface area contributed by atoms with Crippen LogP contribution in [0.2, 0.25) is 5.15 Å². The molecule has 0 unspecified atom stereocenters. The number of aromatic nitrogens is 2. The first-order valence-corrected chi connectivity index (χ1v) is 8.74. The highest BCUT2D eigenvalue weighted by atomic mass is 35.7. The Balaban J connectivity index is 2.74. The van der Waals surface area contributed by atoms with Gasteiger partial charge in [-0.15, -0.1) is 0 Å². The van der Waals surface area contributed by atoms with Crippen LogP contribution in [0.4, 0.5) is 0 Å². The molecule has 1 aromatic heterocycles. The van der Waals surface area contributed by atoms with Crippen molar-refractivity contribution in [1.29, 1.82) is 0 Å². The maximum absolute atomic E-state index is 11.6. The second-order valence-corrected chi connectivity index (χ2v) is 7.42. The lowest BCUT2D eigenvalue weighted by molar-refractivity contribution is 0.608. The minimum Gasteiger partial charge on any atom is -0.220 e. The highest BCUT2D eigenvalue weighted by Crippen LogP contribution is 2.31. The predicted octanol–water partition coefficient (Wildman–Crippen LogP) is 3.63. The fourth-order valence-electron chi connectivity index (χ4n) is 2.10. The van der Waals surface area contributed by atoms with Gasteiger partial charge in [-0.3, -0.25) is 0 Å². The number of hydrogen-bond donors (Lipinski definition) is 0. The molecule has 0 aliphatic heterocycles. The van der Waals surface area contributed by atoms with E-state index in [0.29, 0.717) is 12.1 Å². The quantitative estimate of drug-likeness (QED) is 0.806. The summed E-state index contributed by atoms with van der Waals surface area (Å²) in [7, 11) is 1.52. The molecule has 0 aliphatic carbocycles. The largest absolute Gasteiger partial charge is 0.266 e. The molecule has 0 spiro atoms. The zero-order valence-electron chi connectivity index (χ0n) is 11.3. The van der Waals surface area contributed by atoms with Crippen LogP contribution in [-0.4, -0.2) is 18.2 Å². The fourth-order valence-corrected chi connectivity index (χ4v) is 4.00. The number of hydrogen-bond acceptors (Lipinski definition) is 3. The van der Waals surface area contributed by atoms with Gasteiger partial charge in [-0.25, -0.2) is 13.1 Å². The van der Waals surface area contributed by atoms with E-state index in [1.807, 2.05) is 32.0 Å². The maximum Gasteiger partial charge on any atom is 0.266 e. The third-order valence-electron chi connectivity index (χ3n) is 3.02. The Morgan fingerprint density at radius 3 is 2.40 bits per heavy atom. The van der Waals surface area contributed by atoms with Gasteiger partial charge in [0.05, 0.1) is 11.4 Å². The van der Waals surface area contributed by atoms with E-state index in [4.69, 9.17) is 22.3 Å². The number of rotatable bonds is 3. The Bertz CT molecular complexity index is 767. The SMILES string of the molecule is CCc1nn(-c2ccc(C)cc2C)c(Cl)c1S(=O)(=O)Cl. The monoisotopic (exact) mass is 332 g/mol. The Morgan fingerprint density at radius 2 is 1.95 bits per heavy atom. The van der Waals surface area contributed by atoms with Crippen LogP contribution in [0.1, 0.15) is 23.7 Å². The molecule has 20 heavy (non-hydrogen) atoms. The third-order valence-corrected chi connectivity index (χ3v) is 4.86. The summed E-state index contributed by atoms with van der Waals surface area (Å²) < 4.78 is 24.7. The van der Waals surface area contributed by atoms with Gasteiger partial charge >= 0.3 is 0 Å². The molecule has 0 saturated carbocycles. The fraction of sp³-hybridized carbons (Fsp3) is 0.308. The molecular formula is C13H14Cl2N2O2S. The van der Waals surface area contributed by atoms with Gasteiger partial charge in [-0.1, -0.05) is 36.2 Å². The van der Waals surface area contributed by atoms with Crippen LogP contribution >= 0.6 is 22.3 Å². The summed E-state index contributed by atoms with van der Waals surface area (Å²) in [5.74, 6) is 0. The first-order valence-electron chi connectivity index (χ1n) is 6.05. The predicted molar refractivity (Wildman–Crippen MR) is 80.5 cm³/mol. The van der Waals surface area contributed by atoms with Crippen LogP contribution in [0.3, 0.4) is 0 Å². The molecule has 108 valence electrons. The van der Waals surface area contributed by atoms with Crippen molar-refractivity contribution in [2.75, 3.05) is 0 Å². The van der Waals surface area contributed by atoms with Gasteiger partial charge in [-0.2, -0.15) is 5.10 Å². The van der Waals surface area contributed by atoms with Gasteiger partial charge < -0.3 is 0 Å². The van der Waals surface area contributed by atoms with Gasteiger partial charge in [0.1, 0.15) is 4.90 Å². The molecule has 2 rings (SSSR count). The van der Waals surface area contributed by atoms with Crippen LogP contribution in [-0.2, 0) is 15.5 Å². The Labute approximate surface area is 127 Å². The Hall–Kier alpha value is -1.04. The lowest BCUT2D eigenvalue weighted by Gasteiger charge is -2.08. The molecule has 0 atom stereocenters. The molecule has 0 aliphatic rings. The van der Waals surface area contributed by atoms with Crippen molar-refractivity contribution in [3.05, 3.63) is 40.2 Å². The Kier molecular flexibility index (Phi) is 4.14. The topological polar surface area (TPSA) is 52.0 Å². The van der Waals surface area contributed by atoms with E-state index in [1.165, 1.54) is 4.68 Å². The van der Waals surface area contributed by atoms with E-state index in [9.17, 15) is 8.42 Å². The first-order chi connectivity index (χ1) is 9.25. The zero-order chi connectivity index (χ0) is 15.1. The lowest BCUT2D eigenvalue weighted by atomic mass is 10.1. The first kappa shape index (κ1) is 15.4. The van der Waals surface area contributed by atoms with E-state index in [2.05, 4.69) is 5.10 Å². The van der Waals surface area contributed by atoms with Crippen LogP contribution in [0.25, 0.3) is 5.69 Å². The van der Waals surface area contributed by atoms with E-state index in [0.717, 1.165) is 16.8 Å². The van der Waals surface area contributed by atoms with Crippen molar-refractivity contribution in [2.24, 2.45) is 0 Å². The van der Waals surface area contributed by atoms with Crippen LogP contribution in [0.15, 0.2) is 23.1 Å². The maximum atomic E-state index is 11.6. The van der Waals surface area contributed by atoms with Gasteiger partial charge in [0, 0.05) is 10.7 Å². The van der Waals surface area contributed by atoms with Gasteiger partial charge in [0.2, 0.25) is 0 Å². The summed E-state index contributed by atoms with van der Waals surface area (Å²) in [6, 6.07) is 5.75. The molecule has 0 fully saturated rings. The van der Waals surface area contributed by atoms with E-state index >= 15 is 0 Å². The number of benzene rings is 1. The lowest BCUT2D eigenvalue weighted by Crippen LogP contribution is -2.00. The average Bonchev–Trinajstić information content (AvgIpc) is 2.66. The highest BCUT2D eigenvalue weighted by Gasteiger charge is 2.26. The molecule has 1 heterocycles. The number of aryl methyl sites for hydroxylation is 3. The molecule has 0 amide bonds.